The van der Waals surface area contributed by atoms with Crippen molar-refractivity contribution < 1.29 is 9.53 Å². The molecule has 2 heterocycles. The van der Waals surface area contributed by atoms with E-state index in [9.17, 15) is 14.4 Å². The van der Waals surface area contributed by atoms with Gasteiger partial charge in [0, 0.05) is 20.0 Å². The van der Waals surface area contributed by atoms with Crippen molar-refractivity contribution in [2.24, 2.45) is 7.05 Å². The number of ether oxygens (including phenoxy) is 1. The monoisotopic (exact) mass is 502 g/mol. The Kier molecular flexibility index (Phi) is 13.9. The molecule has 0 saturated heterocycles. The van der Waals surface area contributed by atoms with Gasteiger partial charge in [-0.05, 0) is 12.8 Å². The zero-order chi connectivity index (χ0) is 26.2. The van der Waals surface area contributed by atoms with E-state index in [0.717, 1.165) is 19.3 Å². The van der Waals surface area contributed by atoms with Crippen molar-refractivity contribution in [1.82, 2.24) is 19.1 Å². The van der Waals surface area contributed by atoms with Crippen molar-refractivity contribution in [3.63, 3.8) is 0 Å². The van der Waals surface area contributed by atoms with Crippen molar-refractivity contribution in [3.8, 4) is 0 Å². The second kappa shape index (κ2) is 16.9. The molecule has 0 atom stereocenters. The van der Waals surface area contributed by atoms with Crippen LogP contribution in [0.25, 0.3) is 11.2 Å². The second-order valence-corrected chi connectivity index (χ2v) is 9.75. The summed E-state index contributed by atoms with van der Waals surface area (Å²) in [6, 6.07) is 0. The Morgan fingerprint density at radius 2 is 1.50 bits per heavy atom. The van der Waals surface area contributed by atoms with E-state index in [2.05, 4.69) is 23.5 Å². The van der Waals surface area contributed by atoms with Crippen LogP contribution in [0.3, 0.4) is 0 Å². The Morgan fingerprint density at radius 1 is 0.944 bits per heavy atom. The highest BCUT2D eigenvalue weighted by Crippen LogP contribution is 2.16. The Labute approximate surface area is 215 Å². The van der Waals surface area contributed by atoms with Crippen molar-refractivity contribution in [2.45, 2.75) is 123 Å². The Hall–Kier alpha value is -2.64. The molecule has 202 valence electrons. The van der Waals surface area contributed by atoms with Gasteiger partial charge in [-0.3, -0.25) is 19.1 Å². The zero-order valence-corrected chi connectivity index (χ0v) is 22.5. The van der Waals surface area contributed by atoms with Gasteiger partial charge in [-0.15, -0.1) is 6.58 Å². The number of hydrogen-bond acceptors (Lipinski definition) is 5. The summed E-state index contributed by atoms with van der Waals surface area (Å²) in [5.74, 6) is 0.145. The van der Waals surface area contributed by atoms with E-state index >= 15 is 0 Å². The molecule has 0 saturated carbocycles. The van der Waals surface area contributed by atoms with Crippen LogP contribution in [0, 0.1) is 0 Å². The number of aromatic amines is 1. The SMILES string of the molecule is C=CCCC(=O)OCc1nc2c(c(=O)[nH]c(=O)n2C)n1CCCCCCCCCCCCCCCC. The van der Waals surface area contributed by atoms with Gasteiger partial charge in [0.05, 0.1) is 0 Å². The summed E-state index contributed by atoms with van der Waals surface area (Å²) in [7, 11) is 1.57. The van der Waals surface area contributed by atoms with Crippen LogP contribution in [0.2, 0.25) is 0 Å². The summed E-state index contributed by atoms with van der Waals surface area (Å²) in [5, 5.41) is 0. The lowest BCUT2D eigenvalue weighted by molar-refractivity contribution is -0.145. The van der Waals surface area contributed by atoms with Gasteiger partial charge in [-0.25, -0.2) is 9.78 Å². The van der Waals surface area contributed by atoms with Crippen LogP contribution in [0.1, 0.15) is 115 Å². The Morgan fingerprint density at radius 3 is 2.06 bits per heavy atom. The summed E-state index contributed by atoms with van der Waals surface area (Å²) in [4.78, 5) is 43.4. The van der Waals surface area contributed by atoms with Crippen LogP contribution in [-0.4, -0.2) is 25.1 Å². The molecule has 0 unspecified atom stereocenters. The van der Waals surface area contributed by atoms with E-state index in [1.807, 2.05) is 0 Å². The predicted octanol–water partition coefficient (Wildman–Crippen LogP) is 5.91. The normalized spacial score (nSPS) is 11.3. The molecule has 8 nitrogen and oxygen atoms in total. The molecule has 2 aromatic heterocycles. The minimum atomic E-state index is -0.511. The number of aryl methyl sites for hydroxylation is 2. The molecule has 8 heteroatoms. The first kappa shape index (κ1) is 29.6. The van der Waals surface area contributed by atoms with E-state index in [0.29, 0.717) is 30.0 Å². The lowest BCUT2D eigenvalue weighted by Crippen LogP contribution is -2.29. The third kappa shape index (κ3) is 9.78. The molecule has 0 aliphatic rings. The molecule has 0 aliphatic carbocycles. The lowest BCUT2D eigenvalue weighted by Gasteiger charge is -2.09. The van der Waals surface area contributed by atoms with E-state index in [4.69, 9.17) is 4.74 Å². The van der Waals surface area contributed by atoms with Gasteiger partial charge >= 0.3 is 11.7 Å². The number of H-pyrrole nitrogens is 1. The summed E-state index contributed by atoms with van der Waals surface area (Å²) < 4.78 is 8.49. The summed E-state index contributed by atoms with van der Waals surface area (Å²) in [6.07, 6.45) is 20.3. The number of aromatic nitrogens is 4. The van der Waals surface area contributed by atoms with Crippen molar-refractivity contribution in [2.75, 3.05) is 0 Å². The summed E-state index contributed by atoms with van der Waals surface area (Å²) in [6.45, 7) is 6.44. The van der Waals surface area contributed by atoms with Crippen LogP contribution in [0.15, 0.2) is 22.2 Å². The van der Waals surface area contributed by atoms with E-state index in [1.54, 1.807) is 17.7 Å². The molecular formula is C28H46N4O4. The molecule has 0 radical (unpaired) electrons. The van der Waals surface area contributed by atoms with Gasteiger partial charge < -0.3 is 9.30 Å². The van der Waals surface area contributed by atoms with Gasteiger partial charge in [0.25, 0.3) is 5.56 Å². The van der Waals surface area contributed by atoms with Crippen LogP contribution in [0.5, 0.6) is 0 Å². The van der Waals surface area contributed by atoms with E-state index in [1.165, 1.54) is 75.2 Å². The Bertz CT molecular complexity index is 1050. The number of carbonyl (C=O) groups is 1. The molecule has 0 spiro atoms. The minimum Gasteiger partial charge on any atom is -0.457 e. The zero-order valence-electron chi connectivity index (χ0n) is 22.5. The standard InChI is InChI=1S/C28H46N4O4/c1-4-6-8-9-10-11-12-13-14-15-16-17-18-19-21-32-23(22-36-24(33)20-7-5-2)29-26-25(32)27(34)30-28(35)31(26)3/h5H,2,4,6-22H2,1,3H3,(H,30,34,35). The van der Waals surface area contributed by atoms with E-state index in [-0.39, 0.29) is 19.0 Å². The maximum atomic E-state index is 12.6. The van der Waals surface area contributed by atoms with Gasteiger partial charge in [-0.1, -0.05) is 96.5 Å². The Balaban J connectivity index is 1.79. The minimum absolute atomic E-state index is 0.0309. The molecule has 2 rings (SSSR count). The quantitative estimate of drug-likeness (QED) is 0.138. The topological polar surface area (TPSA) is 99.0 Å². The summed E-state index contributed by atoms with van der Waals surface area (Å²) >= 11 is 0. The van der Waals surface area contributed by atoms with Gasteiger partial charge in [-0.2, -0.15) is 0 Å². The molecule has 0 aliphatic heterocycles. The predicted molar refractivity (Wildman–Crippen MR) is 145 cm³/mol. The number of fused-ring (bicyclic) bond motifs is 1. The average Bonchev–Trinajstić information content (AvgIpc) is 3.24. The molecule has 1 N–H and O–H groups in total. The van der Waals surface area contributed by atoms with Crippen LogP contribution in [-0.2, 0) is 29.7 Å². The highest BCUT2D eigenvalue weighted by Gasteiger charge is 2.18. The number of hydrogen-bond donors (Lipinski definition) is 1. The molecule has 0 amide bonds. The molecule has 0 bridgehead atoms. The first-order chi connectivity index (χ1) is 17.5. The number of rotatable bonds is 20. The molecule has 2 aromatic rings. The fraction of sp³-hybridized carbons (Fsp3) is 0.714. The smallest absolute Gasteiger partial charge is 0.329 e. The fourth-order valence-corrected chi connectivity index (χ4v) is 4.53. The molecule has 0 aromatic carbocycles. The van der Waals surface area contributed by atoms with Gasteiger partial charge in [0.1, 0.15) is 12.4 Å². The number of allylic oxidation sites excluding steroid dienone is 1. The van der Waals surface area contributed by atoms with Crippen LogP contribution in [0.4, 0.5) is 0 Å². The maximum absolute atomic E-state index is 12.6. The lowest BCUT2D eigenvalue weighted by atomic mass is 10.0. The van der Waals surface area contributed by atoms with Crippen LogP contribution < -0.4 is 11.2 Å². The van der Waals surface area contributed by atoms with Crippen molar-refractivity contribution in [3.05, 3.63) is 39.3 Å². The fourth-order valence-electron chi connectivity index (χ4n) is 4.53. The number of imidazole rings is 1. The van der Waals surface area contributed by atoms with Crippen LogP contribution >= 0.6 is 0 Å². The molecule has 36 heavy (non-hydrogen) atoms. The number of unbranched alkanes of at least 4 members (excludes halogenated alkanes) is 13. The highest BCUT2D eigenvalue weighted by molar-refractivity contribution is 5.71. The largest absolute Gasteiger partial charge is 0.457 e. The van der Waals surface area contributed by atoms with Crippen molar-refractivity contribution in [1.29, 1.82) is 0 Å². The number of nitrogens with zero attached hydrogens (tertiary/aromatic N) is 3. The second-order valence-electron chi connectivity index (χ2n) is 9.75. The van der Waals surface area contributed by atoms with E-state index < -0.39 is 11.2 Å². The first-order valence-corrected chi connectivity index (χ1v) is 13.9. The number of carbonyl (C=O) groups excluding carboxylic acids is 1. The first-order valence-electron chi connectivity index (χ1n) is 13.9. The highest BCUT2D eigenvalue weighted by atomic mass is 16.5. The number of esters is 1. The maximum Gasteiger partial charge on any atom is 0.329 e. The van der Waals surface area contributed by atoms with Crippen molar-refractivity contribution >= 4 is 17.1 Å². The van der Waals surface area contributed by atoms with Gasteiger partial charge in [0.2, 0.25) is 0 Å². The third-order valence-corrected chi connectivity index (χ3v) is 6.74. The summed E-state index contributed by atoms with van der Waals surface area (Å²) in [5.41, 5.74) is -0.312. The third-order valence-electron chi connectivity index (χ3n) is 6.74. The molecule has 0 fully saturated rings. The van der Waals surface area contributed by atoms with Gasteiger partial charge in [0.15, 0.2) is 11.2 Å². The molecular weight excluding hydrogens is 456 g/mol. The number of nitrogens with one attached hydrogen (secondary N) is 1. The average molecular weight is 503 g/mol.